The number of carbonyl (C=O) groups excluding carboxylic acids is 3. The van der Waals surface area contributed by atoms with Gasteiger partial charge < -0.3 is 15.2 Å². The van der Waals surface area contributed by atoms with Crippen molar-refractivity contribution in [1.29, 1.82) is 0 Å². The molecule has 36 heavy (non-hydrogen) atoms. The van der Waals surface area contributed by atoms with Gasteiger partial charge in [-0.3, -0.25) is 4.79 Å². The SMILES string of the molecule is CC1CCC(C(C)C)C(OC(=O)[C@H](Cc2ccccc2)N(C(=O)CN)C(=O)OCc2ccccc2)C1. The Morgan fingerprint density at radius 1 is 0.972 bits per heavy atom. The quantitative estimate of drug-likeness (QED) is 0.506. The number of hydrogen-bond donors (Lipinski definition) is 1. The lowest BCUT2D eigenvalue weighted by Crippen LogP contribution is -2.53. The van der Waals surface area contributed by atoms with Crippen LogP contribution < -0.4 is 5.73 Å². The molecule has 0 bridgehead atoms. The zero-order valence-corrected chi connectivity index (χ0v) is 21.5. The monoisotopic (exact) mass is 494 g/mol. The number of esters is 1. The molecular weight excluding hydrogens is 456 g/mol. The van der Waals surface area contributed by atoms with Crippen LogP contribution in [0.4, 0.5) is 4.79 Å². The highest BCUT2D eigenvalue weighted by Crippen LogP contribution is 2.35. The van der Waals surface area contributed by atoms with E-state index >= 15 is 0 Å². The van der Waals surface area contributed by atoms with Crippen molar-refractivity contribution in [1.82, 2.24) is 4.90 Å². The van der Waals surface area contributed by atoms with Gasteiger partial charge in [0.1, 0.15) is 18.8 Å². The van der Waals surface area contributed by atoms with Gasteiger partial charge in [0.2, 0.25) is 5.91 Å². The third kappa shape index (κ3) is 7.40. The first-order valence-electron chi connectivity index (χ1n) is 12.8. The van der Waals surface area contributed by atoms with Crippen LogP contribution in [0.15, 0.2) is 60.7 Å². The van der Waals surface area contributed by atoms with Gasteiger partial charge in [-0.2, -0.15) is 0 Å². The second-order valence-electron chi connectivity index (χ2n) is 10.0. The first kappa shape index (κ1) is 27.4. The van der Waals surface area contributed by atoms with E-state index in [1.807, 2.05) is 60.7 Å². The van der Waals surface area contributed by atoms with Crippen LogP contribution in [-0.2, 0) is 32.1 Å². The summed E-state index contributed by atoms with van der Waals surface area (Å²) in [4.78, 5) is 40.6. The summed E-state index contributed by atoms with van der Waals surface area (Å²) >= 11 is 0. The van der Waals surface area contributed by atoms with Crippen LogP contribution in [0.1, 0.15) is 51.2 Å². The second-order valence-corrected chi connectivity index (χ2v) is 10.0. The molecule has 3 rings (SSSR count). The van der Waals surface area contributed by atoms with Crippen LogP contribution in [-0.4, -0.2) is 41.6 Å². The molecular formula is C29H38N2O5. The molecule has 1 fully saturated rings. The third-order valence-electron chi connectivity index (χ3n) is 6.93. The van der Waals surface area contributed by atoms with Crippen molar-refractivity contribution in [3.05, 3.63) is 71.8 Å². The maximum Gasteiger partial charge on any atom is 0.417 e. The number of benzene rings is 2. The Morgan fingerprint density at radius 3 is 2.17 bits per heavy atom. The Morgan fingerprint density at radius 2 is 1.58 bits per heavy atom. The molecule has 194 valence electrons. The summed E-state index contributed by atoms with van der Waals surface area (Å²) < 4.78 is 11.5. The van der Waals surface area contributed by atoms with Gasteiger partial charge in [0.05, 0.1) is 6.54 Å². The maximum atomic E-state index is 13.7. The minimum Gasteiger partial charge on any atom is -0.461 e. The Labute approximate surface area is 213 Å². The van der Waals surface area contributed by atoms with Crippen molar-refractivity contribution in [3.8, 4) is 0 Å². The van der Waals surface area contributed by atoms with Gasteiger partial charge in [0.15, 0.2) is 0 Å². The van der Waals surface area contributed by atoms with Gasteiger partial charge in [-0.15, -0.1) is 0 Å². The fourth-order valence-electron chi connectivity index (χ4n) is 4.89. The lowest BCUT2D eigenvalue weighted by Gasteiger charge is -2.38. The van der Waals surface area contributed by atoms with Crippen LogP contribution in [0, 0.1) is 17.8 Å². The van der Waals surface area contributed by atoms with Gasteiger partial charge in [0.25, 0.3) is 0 Å². The standard InChI is InChI=1S/C29H38N2O5/c1-20(2)24-15-14-21(3)16-26(24)36-28(33)25(17-22-10-6-4-7-11-22)31(27(32)18-30)29(34)35-19-23-12-8-5-9-13-23/h4-13,20-21,24-26H,14-19,30H2,1-3H3/t21?,24?,25-,26?/m0/s1. The van der Waals surface area contributed by atoms with Crippen LogP contribution >= 0.6 is 0 Å². The number of ether oxygens (including phenoxy) is 2. The fourth-order valence-corrected chi connectivity index (χ4v) is 4.89. The van der Waals surface area contributed by atoms with Crippen LogP contribution in [0.5, 0.6) is 0 Å². The minimum absolute atomic E-state index is 0.0311. The summed E-state index contributed by atoms with van der Waals surface area (Å²) in [7, 11) is 0. The summed E-state index contributed by atoms with van der Waals surface area (Å²) in [5, 5.41) is 0. The number of imide groups is 1. The highest BCUT2D eigenvalue weighted by Gasteiger charge is 2.40. The molecule has 2 aromatic carbocycles. The average Bonchev–Trinajstić information content (AvgIpc) is 2.88. The van der Waals surface area contributed by atoms with E-state index in [1.165, 1.54) is 0 Å². The summed E-state index contributed by atoms with van der Waals surface area (Å²) in [6.45, 7) is 5.96. The Kier molecular flexibility index (Phi) is 10.1. The van der Waals surface area contributed by atoms with E-state index in [9.17, 15) is 14.4 Å². The lowest BCUT2D eigenvalue weighted by molar-refractivity contribution is -0.164. The van der Waals surface area contributed by atoms with E-state index in [1.54, 1.807) is 0 Å². The third-order valence-corrected chi connectivity index (χ3v) is 6.93. The zero-order chi connectivity index (χ0) is 26.1. The first-order chi connectivity index (χ1) is 17.3. The summed E-state index contributed by atoms with van der Waals surface area (Å²) in [6, 6.07) is 17.2. The minimum atomic E-state index is -1.18. The highest BCUT2D eigenvalue weighted by molar-refractivity contribution is 5.97. The molecule has 7 heteroatoms. The van der Waals surface area contributed by atoms with E-state index in [4.69, 9.17) is 15.2 Å². The van der Waals surface area contributed by atoms with E-state index in [2.05, 4.69) is 20.8 Å². The second kappa shape index (κ2) is 13.2. The van der Waals surface area contributed by atoms with E-state index in [-0.39, 0.29) is 25.0 Å². The van der Waals surface area contributed by atoms with E-state index in [0.29, 0.717) is 11.8 Å². The molecule has 3 unspecified atom stereocenters. The highest BCUT2D eigenvalue weighted by atomic mass is 16.6. The van der Waals surface area contributed by atoms with Crippen molar-refractivity contribution in [2.75, 3.05) is 6.54 Å². The van der Waals surface area contributed by atoms with Crippen LogP contribution in [0.3, 0.4) is 0 Å². The van der Waals surface area contributed by atoms with Gasteiger partial charge in [-0.25, -0.2) is 14.5 Å². The molecule has 0 spiro atoms. The largest absolute Gasteiger partial charge is 0.461 e. The molecule has 0 radical (unpaired) electrons. The van der Waals surface area contributed by atoms with Gasteiger partial charge in [-0.1, -0.05) is 87.9 Å². The van der Waals surface area contributed by atoms with Crippen molar-refractivity contribution in [2.24, 2.45) is 23.5 Å². The lowest BCUT2D eigenvalue weighted by atomic mass is 9.75. The smallest absolute Gasteiger partial charge is 0.417 e. The number of rotatable bonds is 9. The molecule has 1 aliphatic carbocycles. The zero-order valence-electron chi connectivity index (χ0n) is 21.5. The molecule has 1 aliphatic rings. The maximum absolute atomic E-state index is 13.7. The molecule has 1 saturated carbocycles. The predicted molar refractivity (Wildman–Crippen MR) is 138 cm³/mol. The molecule has 2 N–H and O–H groups in total. The molecule has 2 amide bonds. The summed E-state index contributed by atoms with van der Waals surface area (Å²) in [6.07, 6.45) is 1.76. The van der Waals surface area contributed by atoms with Crippen molar-refractivity contribution >= 4 is 18.0 Å². The first-order valence-corrected chi connectivity index (χ1v) is 12.8. The molecule has 2 aromatic rings. The van der Waals surface area contributed by atoms with Crippen LogP contribution in [0.2, 0.25) is 0 Å². The molecule has 0 saturated heterocycles. The van der Waals surface area contributed by atoms with Crippen LogP contribution in [0.25, 0.3) is 0 Å². The van der Waals surface area contributed by atoms with E-state index < -0.39 is 30.6 Å². The molecule has 0 heterocycles. The van der Waals surface area contributed by atoms with Gasteiger partial charge >= 0.3 is 12.1 Å². The normalized spacial score (nSPS) is 20.4. The summed E-state index contributed by atoms with van der Waals surface area (Å²) in [5.74, 6) is -0.292. The number of nitrogens with zero attached hydrogens (tertiary/aromatic N) is 1. The Bertz CT molecular complexity index is 995. The van der Waals surface area contributed by atoms with Crippen molar-refractivity contribution < 1.29 is 23.9 Å². The molecule has 7 nitrogen and oxygen atoms in total. The number of amides is 2. The molecule has 0 aliphatic heterocycles. The molecule has 0 aromatic heterocycles. The Hall–Kier alpha value is -3.19. The van der Waals surface area contributed by atoms with Gasteiger partial charge in [-0.05, 0) is 41.7 Å². The topological polar surface area (TPSA) is 98.9 Å². The predicted octanol–water partition coefficient (Wildman–Crippen LogP) is 4.73. The Balaban J connectivity index is 1.87. The number of hydrogen-bond acceptors (Lipinski definition) is 6. The molecule has 4 atom stereocenters. The summed E-state index contributed by atoms with van der Waals surface area (Å²) in [5.41, 5.74) is 7.22. The fraction of sp³-hybridized carbons (Fsp3) is 0.483. The average molecular weight is 495 g/mol. The number of carbonyl (C=O) groups is 3. The van der Waals surface area contributed by atoms with E-state index in [0.717, 1.165) is 35.3 Å². The number of nitrogens with two attached hydrogens (primary N) is 1. The van der Waals surface area contributed by atoms with Crippen molar-refractivity contribution in [3.63, 3.8) is 0 Å². The van der Waals surface area contributed by atoms with Gasteiger partial charge in [0, 0.05) is 6.42 Å². The van der Waals surface area contributed by atoms with Crippen molar-refractivity contribution in [2.45, 2.75) is 65.2 Å².